The van der Waals surface area contributed by atoms with Crippen LogP contribution in [0, 0.1) is 5.92 Å². The summed E-state index contributed by atoms with van der Waals surface area (Å²) < 4.78 is 34.5. The number of halogens is 3. The molecule has 0 aromatic rings. The topological polar surface area (TPSA) is 46.2 Å². The van der Waals surface area contributed by atoms with Gasteiger partial charge in [-0.1, -0.05) is 6.92 Å². The minimum atomic E-state index is -4.22. The van der Waals surface area contributed by atoms with Crippen LogP contribution in [0.5, 0.6) is 0 Å². The number of Topliss-reactive ketones (excluding diaryl/α,β-unsaturated/α-hetero) is 1. The summed E-state index contributed by atoms with van der Waals surface area (Å²) in [5.74, 6) is -1.32. The molecule has 0 rings (SSSR count). The van der Waals surface area contributed by atoms with Crippen LogP contribution in [0.2, 0.25) is 0 Å². The third kappa shape index (κ3) is 13.5. The first kappa shape index (κ1) is 15.4. The summed E-state index contributed by atoms with van der Waals surface area (Å²) in [6.45, 7) is 2.44. The Morgan fingerprint density at radius 2 is 1.86 bits per heavy atom. The normalized spacial score (nSPS) is 12.1. The highest BCUT2D eigenvalue weighted by Gasteiger charge is 2.31. The molecule has 0 saturated heterocycles. The van der Waals surface area contributed by atoms with Gasteiger partial charge < -0.3 is 5.32 Å². The largest absolute Gasteiger partial charge is 0.389 e. The number of carbonyl (C=O) groups excluding carboxylic acids is 2. The Morgan fingerprint density at radius 1 is 1.50 bits per heavy atom. The molecule has 1 N–H and O–H groups in total. The minimum Gasteiger partial charge on any atom is -0.362 e. The standard InChI is InChI=1S/C6H9F3O.C2H5NO/c1-4(5(2)10)3-6(7,8)9;1-3-2-4/h4H,3H2,1-2H3;2H,1H3,(H,3,4). The van der Waals surface area contributed by atoms with Crippen LogP contribution in [0.1, 0.15) is 20.3 Å². The summed E-state index contributed by atoms with van der Waals surface area (Å²) >= 11 is 0. The number of amides is 1. The van der Waals surface area contributed by atoms with Crippen molar-refractivity contribution in [3.63, 3.8) is 0 Å². The molecule has 0 spiro atoms. The molecule has 0 aliphatic rings. The second-order valence-corrected chi connectivity index (χ2v) is 2.74. The Bertz CT molecular complexity index is 180. The Balaban J connectivity index is 0. The Labute approximate surface area is 80.7 Å². The highest BCUT2D eigenvalue weighted by molar-refractivity contribution is 5.77. The lowest BCUT2D eigenvalue weighted by molar-refractivity contribution is -0.151. The molecule has 0 aliphatic heterocycles. The van der Waals surface area contributed by atoms with E-state index in [2.05, 4.69) is 5.32 Å². The number of alkyl halides is 3. The molecule has 0 aliphatic carbocycles. The molecular formula is C8H14F3NO2. The number of nitrogens with one attached hydrogen (secondary N) is 1. The van der Waals surface area contributed by atoms with E-state index in [1.54, 1.807) is 7.05 Å². The van der Waals surface area contributed by atoms with Gasteiger partial charge in [-0.05, 0) is 6.92 Å². The van der Waals surface area contributed by atoms with E-state index in [0.717, 1.165) is 6.92 Å². The van der Waals surface area contributed by atoms with Crippen LogP contribution in [-0.4, -0.2) is 25.4 Å². The molecule has 1 unspecified atom stereocenters. The third-order valence-electron chi connectivity index (χ3n) is 1.35. The molecule has 3 nitrogen and oxygen atoms in total. The van der Waals surface area contributed by atoms with Gasteiger partial charge in [-0.3, -0.25) is 9.59 Å². The van der Waals surface area contributed by atoms with Crippen LogP contribution in [0.25, 0.3) is 0 Å². The van der Waals surface area contributed by atoms with E-state index in [1.807, 2.05) is 0 Å². The van der Waals surface area contributed by atoms with E-state index < -0.39 is 24.3 Å². The maximum absolute atomic E-state index is 11.5. The van der Waals surface area contributed by atoms with Crippen LogP contribution in [0.3, 0.4) is 0 Å². The van der Waals surface area contributed by atoms with Gasteiger partial charge >= 0.3 is 6.18 Å². The maximum atomic E-state index is 11.5. The first-order chi connectivity index (χ1) is 6.24. The third-order valence-corrected chi connectivity index (χ3v) is 1.35. The number of hydrogen-bond donors (Lipinski definition) is 1. The van der Waals surface area contributed by atoms with Gasteiger partial charge in [-0.15, -0.1) is 0 Å². The molecule has 14 heavy (non-hydrogen) atoms. The van der Waals surface area contributed by atoms with Crippen LogP contribution in [-0.2, 0) is 9.59 Å². The summed E-state index contributed by atoms with van der Waals surface area (Å²) in [7, 11) is 1.56. The van der Waals surface area contributed by atoms with E-state index in [1.165, 1.54) is 6.92 Å². The maximum Gasteiger partial charge on any atom is 0.389 e. The summed E-state index contributed by atoms with van der Waals surface area (Å²) in [6.07, 6.45) is -4.60. The minimum absolute atomic E-state index is 0.419. The van der Waals surface area contributed by atoms with Crippen LogP contribution in [0.15, 0.2) is 0 Å². The predicted octanol–water partition coefficient (Wildman–Crippen LogP) is 1.53. The Kier molecular flexibility index (Phi) is 8.08. The van der Waals surface area contributed by atoms with E-state index >= 15 is 0 Å². The summed E-state index contributed by atoms with van der Waals surface area (Å²) in [5.41, 5.74) is 0. The molecule has 0 aromatic heterocycles. The van der Waals surface area contributed by atoms with Gasteiger partial charge in [0.2, 0.25) is 6.41 Å². The molecule has 1 atom stereocenters. The molecule has 0 heterocycles. The van der Waals surface area contributed by atoms with Crippen LogP contribution >= 0.6 is 0 Å². The fourth-order valence-corrected chi connectivity index (χ4v) is 0.491. The molecule has 0 radical (unpaired) electrons. The molecule has 0 saturated carbocycles. The molecule has 84 valence electrons. The lowest BCUT2D eigenvalue weighted by Gasteiger charge is -2.09. The summed E-state index contributed by atoms with van der Waals surface area (Å²) in [5, 5.41) is 2.25. The van der Waals surface area contributed by atoms with Gasteiger partial charge in [0.1, 0.15) is 5.78 Å². The van der Waals surface area contributed by atoms with Crippen molar-refractivity contribution >= 4 is 12.2 Å². The Hall–Kier alpha value is -1.07. The van der Waals surface area contributed by atoms with Crippen molar-refractivity contribution in [2.75, 3.05) is 7.05 Å². The van der Waals surface area contributed by atoms with Crippen molar-refractivity contribution in [1.29, 1.82) is 0 Å². The van der Waals surface area contributed by atoms with E-state index in [-0.39, 0.29) is 0 Å². The highest BCUT2D eigenvalue weighted by Crippen LogP contribution is 2.24. The summed E-state index contributed by atoms with van der Waals surface area (Å²) in [4.78, 5) is 19.4. The van der Waals surface area contributed by atoms with Crippen molar-refractivity contribution in [1.82, 2.24) is 5.32 Å². The average molecular weight is 213 g/mol. The van der Waals surface area contributed by atoms with E-state index in [9.17, 15) is 18.0 Å². The van der Waals surface area contributed by atoms with Crippen LogP contribution in [0.4, 0.5) is 13.2 Å². The molecule has 0 bridgehead atoms. The summed E-state index contributed by atoms with van der Waals surface area (Å²) in [6, 6.07) is 0. The second kappa shape index (κ2) is 7.34. The SMILES string of the molecule is CC(=O)C(C)CC(F)(F)F.CNC=O. The number of hydrogen-bond acceptors (Lipinski definition) is 2. The van der Waals surface area contributed by atoms with Crippen LogP contribution < -0.4 is 5.32 Å². The number of carbonyl (C=O) groups is 2. The van der Waals surface area contributed by atoms with Gasteiger partial charge in [0.15, 0.2) is 0 Å². The zero-order valence-corrected chi connectivity index (χ0v) is 8.31. The molecule has 0 fully saturated rings. The van der Waals surface area contributed by atoms with Gasteiger partial charge in [0, 0.05) is 13.0 Å². The monoisotopic (exact) mass is 213 g/mol. The fourth-order valence-electron chi connectivity index (χ4n) is 0.491. The van der Waals surface area contributed by atoms with Gasteiger partial charge in [0.25, 0.3) is 0 Å². The average Bonchev–Trinajstić information content (AvgIpc) is 2.02. The lowest BCUT2D eigenvalue weighted by Crippen LogP contribution is -2.17. The highest BCUT2D eigenvalue weighted by atomic mass is 19.4. The first-order valence-electron chi connectivity index (χ1n) is 3.92. The predicted molar refractivity (Wildman–Crippen MR) is 45.6 cm³/mol. The molecule has 1 amide bonds. The molecule has 0 aromatic carbocycles. The zero-order chi connectivity index (χ0) is 11.8. The quantitative estimate of drug-likeness (QED) is 0.722. The van der Waals surface area contributed by atoms with Crippen molar-refractivity contribution in [2.45, 2.75) is 26.4 Å². The zero-order valence-electron chi connectivity index (χ0n) is 8.31. The van der Waals surface area contributed by atoms with Crippen molar-refractivity contribution in [3.05, 3.63) is 0 Å². The second-order valence-electron chi connectivity index (χ2n) is 2.74. The first-order valence-corrected chi connectivity index (χ1v) is 3.92. The smallest absolute Gasteiger partial charge is 0.362 e. The number of ketones is 1. The van der Waals surface area contributed by atoms with Gasteiger partial charge in [0.05, 0.1) is 6.42 Å². The van der Waals surface area contributed by atoms with E-state index in [0.29, 0.717) is 6.41 Å². The Morgan fingerprint density at radius 3 is 1.93 bits per heavy atom. The molecular weight excluding hydrogens is 199 g/mol. The fraction of sp³-hybridized carbons (Fsp3) is 0.750. The van der Waals surface area contributed by atoms with E-state index in [4.69, 9.17) is 4.79 Å². The van der Waals surface area contributed by atoms with Crippen molar-refractivity contribution in [2.24, 2.45) is 5.92 Å². The van der Waals surface area contributed by atoms with Crippen molar-refractivity contribution < 1.29 is 22.8 Å². The van der Waals surface area contributed by atoms with Crippen molar-refractivity contribution in [3.8, 4) is 0 Å². The lowest BCUT2D eigenvalue weighted by atomic mass is 10.0. The van der Waals surface area contributed by atoms with Gasteiger partial charge in [-0.2, -0.15) is 13.2 Å². The number of rotatable bonds is 3. The molecule has 6 heteroatoms. The van der Waals surface area contributed by atoms with Gasteiger partial charge in [-0.25, -0.2) is 0 Å².